The van der Waals surface area contributed by atoms with Gasteiger partial charge in [0.05, 0.1) is 17.3 Å². The van der Waals surface area contributed by atoms with E-state index in [1.54, 1.807) is 10.9 Å². The van der Waals surface area contributed by atoms with Crippen molar-refractivity contribution < 1.29 is 14.7 Å². The first-order valence-electron chi connectivity index (χ1n) is 11.7. The molecule has 2 aromatic heterocycles. The number of carbonyl (C=O) groups is 2. The number of aliphatic hydroxyl groups is 1. The van der Waals surface area contributed by atoms with E-state index < -0.39 is 29.1 Å². The summed E-state index contributed by atoms with van der Waals surface area (Å²) in [6.45, 7) is 9.98. The number of carbonyl (C=O) groups excluding carboxylic acids is 2. The van der Waals surface area contributed by atoms with Crippen molar-refractivity contribution in [2.45, 2.75) is 89.9 Å². The second-order valence-electron chi connectivity index (χ2n) is 10.6. The van der Waals surface area contributed by atoms with Crippen LogP contribution in [0.4, 0.5) is 0 Å². The molecular weight excluding hydrogens is 440 g/mol. The SMILES string of the molecule is CCC(C)(NC(=O)[C@@H]1C[C@@H](O)CN1C(=O)[C@@H](n1cc(C2CC2)nn1)C(C)(C)C)c1nccs1. The molecule has 33 heavy (non-hydrogen) atoms. The minimum Gasteiger partial charge on any atom is -0.391 e. The minimum atomic E-state index is -0.755. The van der Waals surface area contributed by atoms with Crippen LogP contribution in [0.25, 0.3) is 0 Å². The van der Waals surface area contributed by atoms with Gasteiger partial charge in [0.25, 0.3) is 0 Å². The number of thiazole rings is 1. The van der Waals surface area contributed by atoms with E-state index in [-0.39, 0.29) is 24.8 Å². The summed E-state index contributed by atoms with van der Waals surface area (Å²) in [6.07, 6.45) is 5.89. The fourth-order valence-corrected chi connectivity index (χ4v) is 5.30. The van der Waals surface area contributed by atoms with Crippen LogP contribution in [0.2, 0.25) is 0 Å². The van der Waals surface area contributed by atoms with Gasteiger partial charge in [0, 0.05) is 36.7 Å². The van der Waals surface area contributed by atoms with Gasteiger partial charge in [0.2, 0.25) is 11.8 Å². The van der Waals surface area contributed by atoms with Crippen molar-refractivity contribution >= 4 is 23.2 Å². The summed E-state index contributed by atoms with van der Waals surface area (Å²) in [4.78, 5) is 33.2. The normalized spacial score (nSPS) is 23.9. The molecule has 1 unspecified atom stereocenters. The van der Waals surface area contributed by atoms with Crippen LogP contribution in [-0.4, -0.2) is 60.5 Å². The number of hydrogen-bond donors (Lipinski definition) is 2. The van der Waals surface area contributed by atoms with Crippen LogP contribution in [-0.2, 0) is 15.1 Å². The summed E-state index contributed by atoms with van der Waals surface area (Å²) in [7, 11) is 0. The van der Waals surface area contributed by atoms with Gasteiger partial charge >= 0.3 is 0 Å². The highest BCUT2D eigenvalue weighted by Crippen LogP contribution is 2.40. The number of likely N-dealkylation sites (tertiary alicyclic amines) is 1. The molecule has 1 aliphatic heterocycles. The van der Waals surface area contributed by atoms with Gasteiger partial charge < -0.3 is 15.3 Å². The maximum atomic E-state index is 13.8. The summed E-state index contributed by atoms with van der Waals surface area (Å²) >= 11 is 1.49. The van der Waals surface area contributed by atoms with Crippen molar-refractivity contribution in [1.29, 1.82) is 0 Å². The van der Waals surface area contributed by atoms with Crippen LogP contribution in [0, 0.1) is 5.41 Å². The molecule has 3 heterocycles. The number of aliphatic hydroxyl groups excluding tert-OH is 1. The molecule has 2 aromatic rings. The highest BCUT2D eigenvalue weighted by molar-refractivity contribution is 7.09. The average molecular weight is 475 g/mol. The molecule has 4 rings (SSSR count). The van der Waals surface area contributed by atoms with Crippen LogP contribution in [0.15, 0.2) is 17.8 Å². The number of amides is 2. The molecule has 0 aromatic carbocycles. The first-order chi connectivity index (χ1) is 15.5. The predicted octanol–water partition coefficient (Wildman–Crippen LogP) is 2.60. The van der Waals surface area contributed by atoms with Crippen LogP contribution < -0.4 is 5.32 Å². The number of nitrogens with one attached hydrogen (secondary N) is 1. The Kier molecular flexibility index (Phi) is 6.34. The second-order valence-corrected chi connectivity index (χ2v) is 11.5. The van der Waals surface area contributed by atoms with Crippen LogP contribution in [0.5, 0.6) is 0 Å². The standard InChI is InChI=1S/C23H34N6O3S/c1-6-23(5,21-24-9-10-33-21)25-19(31)17-11-15(30)12-28(17)20(32)18(22(2,3)4)29-13-16(26-27-29)14-7-8-14/h9-10,13-15,17-18,30H,6-8,11-12H2,1-5H3,(H,25,31)/t15-,17+,18-,23?/m1/s1. The lowest BCUT2D eigenvalue weighted by Gasteiger charge is -2.36. The Morgan fingerprint density at radius 3 is 2.61 bits per heavy atom. The highest BCUT2D eigenvalue weighted by Gasteiger charge is 2.46. The van der Waals surface area contributed by atoms with E-state index in [4.69, 9.17) is 0 Å². The molecule has 2 aliphatic rings. The Labute approximate surface area is 198 Å². The van der Waals surface area contributed by atoms with Crippen molar-refractivity contribution in [2.24, 2.45) is 5.41 Å². The molecule has 180 valence electrons. The molecule has 10 heteroatoms. The lowest BCUT2D eigenvalue weighted by Crippen LogP contribution is -2.54. The Morgan fingerprint density at radius 1 is 1.30 bits per heavy atom. The molecule has 9 nitrogen and oxygen atoms in total. The van der Waals surface area contributed by atoms with Gasteiger partial charge in [0.15, 0.2) is 0 Å². The number of hydrogen-bond acceptors (Lipinski definition) is 7. The molecule has 2 N–H and O–H groups in total. The van der Waals surface area contributed by atoms with Crippen molar-refractivity contribution in [3.05, 3.63) is 28.5 Å². The maximum Gasteiger partial charge on any atom is 0.248 e. The Morgan fingerprint density at radius 2 is 2.03 bits per heavy atom. The van der Waals surface area contributed by atoms with Crippen LogP contribution >= 0.6 is 11.3 Å². The largest absolute Gasteiger partial charge is 0.391 e. The Bertz CT molecular complexity index is 996. The number of β-amino-alcohol motifs (C(OH)–C–C–N with tert-alkyl or cyclic N) is 1. The molecule has 2 fully saturated rings. The molecule has 4 atom stereocenters. The zero-order valence-electron chi connectivity index (χ0n) is 20.0. The topological polar surface area (TPSA) is 113 Å². The van der Waals surface area contributed by atoms with Crippen molar-refractivity contribution in [3.63, 3.8) is 0 Å². The fraction of sp³-hybridized carbons (Fsp3) is 0.696. The van der Waals surface area contributed by atoms with Crippen LogP contribution in [0.3, 0.4) is 0 Å². The summed E-state index contributed by atoms with van der Waals surface area (Å²) in [5.41, 5.74) is -0.184. The highest BCUT2D eigenvalue weighted by atomic mass is 32.1. The van der Waals surface area contributed by atoms with Crippen LogP contribution in [0.1, 0.15) is 83.0 Å². The van der Waals surface area contributed by atoms with Gasteiger partial charge in [-0.05, 0) is 31.6 Å². The number of nitrogens with zero attached hydrogens (tertiary/aromatic N) is 5. The molecule has 0 bridgehead atoms. The number of aromatic nitrogens is 4. The maximum absolute atomic E-state index is 13.8. The fourth-order valence-electron chi connectivity index (χ4n) is 4.47. The van der Waals surface area contributed by atoms with Crippen molar-refractivity contribution in [3.8, 4) is 0 Å². The van der Waals surface area contributed by atoms with E-state index in [1.165, 1.54) is 16.2 Å². The zero-order chi connectivity index (χ0) is 24.0. The zero-order valence-corrected chi connectivity index (χ0v) is 20.8. The predicted molar refractivity (Wildman–Crippen MR) is 125 cm³/mol. The average Bonchev–Trinajstić information content (AvgIpc) is 3.13. The second kappa shape index (κ2) is 8.79. The van der Waals surface area contributed by atoms with Gasteiger partial charge in [-0.2, -0.15) is 0 Å². The number of rotatable bonds is 7. The quantitative estimate of drug-likeness (QED) is 0.638. The van der Waals surface area contributed by atoms with E-state index in [0.29, 0.717) is 12.3 Å². The van der Waals surface area contributed by atoms with E-state index in [9.17, 15) is 14.7 Å². The Hall–Kier alpha value is -2.33. The van der Waals surface area contributed by atoms with E-state index in [2.05, 4.69) is 20.6 Å². The molecule has 0 radical (unpaired) electrons. The minimum absolute atomic E-state index is 0.119. The van der Waals surface area contributed by atoms with Gasteiger partial charge in [0.1, 0.15) is 17.1 Å². The van der Waals surface area contributed by atoms with Crippen molar-refractivity contribution in [2.75, 3.05) is 6.54 Å². The molecular formula is C23H34N6O3S. The van der Waals surface area contributed by atoms with Crippen molar-refractivity contribution in [1.82, 2.24) is 30.2 Å². The van der Waals surface area contributed by atoms with Gasteiger partial charge in [-0.25, -0.2) is 9.67 Å². The molecule has 1 saturated carbocycles. The van der Waals surface area contributed by atoms with E-state index in [1.807, 2.05) is 46.2 Å². The Balaban J connectivity index is 1.58. The first kappa shape index (κ1) is 23.8. The smallest absolute Gasteiger partial charge is 0.248 e. The third-order valence-electron chi connectivity index (χ3n) is 6.72. The summed E-state index contributed by atoms with van der Waals surface area (Å²) in [6, 6.07) is -1.38. The van der Waals surface area contributed by atoms with Gasteiger partial charge in [-0.3, -0.25) is 9.59 Å². The third-order valence-corrected chi connectivity index (χ3v) is 7.75. The van der Waals surface area contributed by atoms with E-state index >= 15 is 0 Å². The summed E-state index contributed by atoms with van der Waals surface area (Å²) < 4.78 is 1.64. The third kappa shape index (κ3) is 4.82. The summed E-state index contributed by atoms with van der Waals surface area (Å²) in [5, 5.41) is 24.8. The van der Waals surface area contributed by atoms with Gasteiger partial charge in [-0.15, -0.1) is 16.4 Å². The lowest BCUT2D eigenvalue weighted by atomic mass is 9.85. The summed E-state index contributed by atoms with van der Waals surface area (Å²) in [5.74, 6) is -0.0672. The lowest BCUT2D eigenvalue weighted by molar-refractivity contribution is -0.144. The molecule has 1 aliphatic carbocycles. The monoisotopic (exact) mass is 474 g/mol. The molecule has 0 spiro atoms. The molecule has 2 amide bonds. The first-order valence-corrected chi connectivity index (χ1v) is 12.5. The van der Waals surface area contributed by atoms with E-state index in [0.717, 1.165) is 23.5 Å². The van der Waals surface area contributed by atoms with Gasteiger partial charge in [-0.1, -0.05) is 32.9 Å². The molecule has 1 saturated heterocycles.